The molecule has 0 aliphatic carbocycles. The third-order valence-electron chi connectivity index (χ3n) is 5.58. The fraction of sp³-hybridized carbons (Fsp3) is 0.364. The Morgan fingerprint density at radius 1 is 1.03 bits per heavy atom. The quantitative estimate of drug-likeness (QED) is 0.826. The summed E-state index contributed by atoms with van der Waals surface area (Å²) in [4.78, 5) is 29.2. The molecule has 3 atom stereocenters. The summed E-state index contributed by atoms with van der Waals surface area (Å²) in [6, 6.07) is 19.0. The number of amides is 2. The monoisotopic (exact) mass is 415 g/mol. The smallest absolute Gasteiger partial charge is 0.249 e. The first-order valence-electron chi connectivity index (χ1n) is 9.64. The van der Waals surface area contributed by atoms with E-state index >= 15 is 0 Å². The fourth-order valence-corrected chi connectivity index (χ4v) is 4.06. The maximum atomic E-state index is 13.3. The molecule has 6 nitrogen and oxygen atoms in total. The van der Waals surface area contributed by atoms with E-state index in [2.05, 4.69) is 0 Å². The molecular formula is C22H26ClN3O3. The van der Waals surface area contributed by atoms with E-state index in [0.29, 0.717) is 19.6 Å². The van der Waals surface area contributed by atoms with Gasteiger partial charge in [-0.25, -0.2) is 0 Å². The average molecular weight is 416 g/mol. The Bertz CT molecular complexity index is 834. The van der Waals surface area contributed by atoms with Crippen molar-refractivity contribution < 1.29 is 14.3 Å². The van der Waals surface area contributed by atoms with Crippen LogP contribution in [0.2, 0.25) is 0 Å². The molecule has 2 aromatic carbocycles. The highest BCUT2D eigenvalue weighted by Crippen LogP contribution is 2.28. The van der Waals surface area contributed by atoms with Crippen LogP contribution in [0.1, 0.15) is 17.0 Å². The number of morpholine rings is 1. The van der Waals surface area contributed by atoms with Crippen molar-refractivity contribution >= 4 is 24.2 Å². The standard InChI is InChI=1S/C22H25N3O3.ClH/c23-19-13-24(12-18(19)17-9-5-2-6-10-17)22(27)20-14-28-15-21(26)25(20)11-16-7-3-1-4-8-16;/h1-10,18-20H,11-15,23H2;1H/t18-,19+,20+;/m0./s1. The van der Waals surface area contributed by atoms with Crippen LogP contribution in [0.5, 0.6) is 0 Å². The third kappa shape index (κ3) is 4.61. The fourth-order valence-electron chi connectivity index (χ4n) is 4.06. The van der Waals surface area contributed by atoms with Gasteiger partial charge in [0.15, 0.2) is 0 Å². The predicted octanol–water partition coefficient (Wildman–Crippen LogP) is 1.79. The molecule has 29 heavy (non-hydrogen) atoms. The Hall–Kier alpha value is -2.41. The number of carbonyl (C=O) groups is 2. The summed E-state index contributed by atoms with van der Waals surface area (Å²) in [7, 11) is 0. The molecule has 0 unspecified atom stereocenters. The number of halogens is 1. The number of ether oxygens (including phenoxy) is 1. The Labute approximate surface area is 177 Å². The maximum Gasteiger partial charge on any atom is 0.249 e. The summed E-state index contributed by atoms with van der Waals surface area (Å²) in [5.41, 5.74) is 8.49. The van der Waals surface area contributed by atoms with Crippen LogP contribution >= 0.6 is 12.4 Å². The van der Waals surface area contributed by atoms with Gasteiger partial charge in [0.1, 0.15) is 12.6 Å². The molecule has 0 spiro atoms. The summed E-state index contributed by atoms with van der Waals surface area (Å²) in [5, 5.41) is 0. The molecule has 4 rings (SSSR count). The highest BCUT2D eigenvalue weighted by atomic mass is 35.5. The SMILES string of the molecule is Cl.N[C@@H]1CN(C(=O)[C@H]2COCC(=O)N2Cc2ccccc2)C[C@H]1c1ccccc1. The minimum absolute atomic E-state index is 0. The van der Waals surface area contributed by atoms with E-state index in [1.54, 1.807) is 9.80 Å². The number of hydrogen-bond donors (Lipinski definition) is 1. The molecule has 2 aliphatic heterocycles. The van der Waals surface area contributed by atoms with Crippen molar-refractivity contribution in [2.75, 3.05) is 26.3 Å². The summed E-state index contributed by atoms with van der Waals surface area (Å²) in [6.45, 7) is 1.69. The van der Waals surface area contributed by atoms with Crippen LogP contribution in [0, 0.1) is 0 Å². The van der Waals surface area contributed by atoms with Crippen molar-refractivity contribution in [2.45, 2.75) is 24.5 Å². The molecule has 2 amide bonds. The minimum atomic E-state index is -0.608. The van der Waals surface area contributed by atoms with Crippen LogP contribution in [0.15, 0.2) is 60.7 Å². The number of likely N-dealkylation sites (tertiary alicyclic amines) is 1. The first kappa shape index (κ1) is 21.3. The molecule has 0 aromatic heterocycles. The number of benzene rings is 2. The molecule has 154 valence electrons. The largest absolute Gasteiger partial charge is 0.369 e. The second-order valence-electron chi connectivity index (χ2n) is 7.46. The van der Waals surface area contributed by atoms with E-state index in [9.17, 15) is 9.59 Å². The molecule has 0 bridgehead atoms. The van der Waals surface area contributed by atoms with Gasteiger partial charge in [0.25, 0.3) is 0 Å². The lowest BCUT2D eigenvalue weighted by atomic mass is 9.95. The lowest BCUT2D eigenvalue weighted by Gasteiger charge is -2.36. The van der Waals surface area contributed by atoms with Gasteiger partial charge >= 0.3 is 0 Å². The van der Waals surface area contributed by atoms with E-state index in [1.807, 2.05) is 60.7 Å². The average Bonchev–Trinajstić information content (AvgIpc) is 3.12. The van der Waals surface area contributed by atoms with Crippen LogP contribution in [0.25, 0.3) is 0 Å². The van der Waals surface area contributed by atoms with E-state index in [0.717, 1.165) is 11.1 Å². The number of rotatable bonds is 4. The Morgan fingerprint density at radius 2 is 1.69 bits per heavy atom. The normalized spacial score (nSPS) is 24.3. The Morgan fingerprint density at radius 3 is 2.38 bits per heavy atom. The molecule has 0 saturated carbocycles. The van der Waals surface area contributed by atoms with Crippen molar-refractivity contribution in [3.05, 3.63) is 71.8 Å². The lowest BCUT2D eigenvalue weighted by Crippen LogP contribution is -2.56. The van der Waals surface area contributed by atoms with Gasteiger partial charge in [0.2, 0.25) is 11.8 Å². The molecule has 2 saturated heterocycles. The van der Waals surface area contributed by atoms with Gasteiger partial charge in [-0.15, -0.1) is 12.4 Å². The molecule has 7 heteroatoms. The van der Waals surface area contributed by atoms with E-state index in [-0.39, 0.29) is 49.4 Å². The summed E-state index contributed by atoms with van der Waals surface area (Å²) in [6.07, 6.45) is 0. The van der Waals surface area contributed by atoms with Crippen LogP contribution < -0.4 is 5.73 Å². The van der Waals surface area contributed by atoms with Crippen molar-refractivity contribution in [3.8, 4) is 0 Å². The highest BCUT2D eigenvalue weighted by molar-refractivity contribution is 5.89. The zero-order valence-electron chi connectivity index (χ0n) is 16.1. The lowest BCUT2D eigenvalue weighted by molar-refractivity contribution is -0.159. The van der Waals surface area contributed by atoms with Gasteiger partial charge in [0, 0.05) is 31.6 Å². The number of hydrogen-bond acceptors (Lipinski definition) is 4. The highest BCUT2D eigenvalue weighted by Gasteiger charge is 2.41. The van der Waals surface area contributed by atoms with Gasteiger partial charge in [-0.3, -0.25) is 9.59 Å². The Balaban J connectivity index is 0.00000240. The third-order valence-corrected chi connectivity index (χ3v) is 5.58. The van der Waals surface area contributed by atoms with E-state index < -0.39 is 6.04 Å². The molecule has 2 aromatic rings. The van der Waals surface area contributed by atoms with Crippen LogP contribution in [0.3, 0.4) is 0 Å². The number of nitrogens with zero attached hydrogens (tertiary/aromatic N) is 2. The maximum absolute atomic E-state index is 13.3. The van der Waals surface area contributed by atoms with Crippen LogP contribution in [-0.2, 0) is 20.9 Å². The predicted molar refractivity (Wildman–Crippen MR) is 113 cm³/mol. The molecular weight excluding hydrogens is 390 g/mol. The zero-order chi connectivity index (χ0) is 19.5. The van der Waals surface area contributed by atoms with Gasteiger partial charge < -0.3 is 20.3 Å². The van der Waals surface area contributed by atoms with E-state index in [4.69, 9.17) is 10.5 Å². The molecule has 2 fully saturated rings. The number of carbonyl (C=O) groups excluding carboxylic acids is 2. The second kappa shape index (κ2) is 9.39. The topological polar surface area (TPSA) is 75.9 Å². The Kier molecular flexibility index (Phi) is 6.90. The number of nitrogens with two attached hydrogens (primary N) is 1. The molecule has 2 N–H and O–H groups in total. The van der Waals surface area contributed by atoms with Crippen LogP contribution in [0.4, 0.5) is 0 Å². The minimum Gasteiger partial charge on any atom is -0.369 e. The summed E-state index contributed by atoms with van der Waals surface area (Å²) < 4.78 is 5.41. The van der Waals surface area contributed by atoms with Gasteiger partial charge in [-0.2, -0.15) is 0 Å². The van der Waals surface area contributed by atoms with Gasteiger partial charge in [-0.1, -0.05) is 60.7 Å². The zero-order valence-corrected chi connectivity index (χ0v) is 17.0. The summed E-state index contributed by atoms with van der Waals surface area (Å²) >= 11 is 0. The molecule has 2 heterocycles. The molecule has 2 aliphatic rings. The molecule has 0 radical (unpaired) electrons. The first-order chi connectivity index (χ1) is 13.6. The van der Waals surface area contributed by atoms with Gasteiger partial charge in [0.05, 0.1) is 6.61 Å². The second-order valence-corrected chi connectivity index (χ2v) is 7.46. The van der Waals surface area contributed by atoms with E-state index in [1.165, 1.54) is 0 Å². The van der Waals surface area contributed by atoms with Crippen LogP contribution in [-0.4, -0.2) is 60.0 Å². The van der Waals surface area contributed by atoms with Gasteiger partial charge in [-0.05, 0) is 11.1 Å². The summed E-state index contributed by atoms with van der Waals surface area (Å²) in [5.74, 6) is -0.137. The van der Waals surface area contributed by atoms with Crippen molar-refractivity contribution in [1.82, 2.24) is 9.80 Å². The first-order valence-corrected chi connectivity index (χ1v) is 9.64. The van der Waals surface area contributed by atoms with Crippen molar-refractivity contribution in [2.24, 2.45) is 5.73 Å². The van der Waals surface area contributed by atoms with Crippen molar-refractivity contribution in [1.29, 1.82) is 0 Å². The van der Waals surface area contributed by atoms with Crippen molar-refractivity contribution in [3.63, 3.8) is 0 Å².